The molecule has 5 aromatic rings. The molecule has 0 fully saturated rings. The fraction of sp³-hybridized carbons (Fsp3) is 0.167. The van der Waals surface area contributed by atoms with E-state index >= 15 is 0 Å². The van der Waals surface area contributed by atoms with Crippen LogP contribution in [-0.4, -0.2) is 45.7 Å². The van der Waals surface area contributed by atoms with Gasteiger partial charge in [0.05, 0.1) is 18.7 Å². The number of esters is 1. The number of Topliss-reactive ketones (excluding diaryl/α,β-unsaturated/α-hetero) is 1. The number of fused-ring (bicyclic) bond motifs is 4. The number of benzene rings is 3. The predicted octanol–water partition coefficient (Wildman–Crippen LogP) is 5.62. The predicted molar refractivity (Wildman–Crippen MR) is 148 cm³/mol. The molecule has 3 aromatic carbocycles. The SMILES string of the molecule is COC(=O)[C@@H]1Cc2c([nH]c3ccccc23)[C@@H](c2ccc(C)cc2)N1C(=O)C(=O)c1c[nH]c2ccc(Br)cc12. The van der Waals surface area contributed by atoms with Gasteiger partial charge in [0.2, 0.25) is 0 Å². The lowest BCUT2D eigenvalue weighted by Gasteiger charge is -2.40. The van der Waals surface area contributed by atoms with E-state index in [9.17, 15) is 14.4 Å². The highest BCUT2D eigenvalue weighted by Crippen LogP contribution is 2.41. The van der Waals surface area contributed by atoms with Gasteiger partial charge in [0.1, 0.15) is 6.04 Å². The molecule has 0 aliphatic carbocycles. The zero-order valence-electron chi connectivity index (χ0n) is 20.7. The molecule has 0 bridgehead atoms. The summed E-state index contributed by atoms with van der Waals surface area (Å²) >= 11 is 3.45. The quantitative estimate of drug-likeness (QED) is 0.167. The number of carbonyl (C=O) groups excluding carboxylic acids is 3. The van der Waals surface area contributed by atoms with Crippen molar-refractivity contribution in [1.29, 1.82) is 0 Å². The third kappa shape index (κ3) is 3.83. The smallest absolute Gasteiger partial charge is 0.328 e. The zero-order valence-corrected chi connectivity index (χ0v) is 22.3. The number of ketones is 1. The molecule has 0 radical (unpaired) electrons. The largest absolute Gasteiger partial charge is 0.467 e. The maximum Gasteiger partial charge on any atom is 0.328 e. The molecule has 0 saturated carbocycles. The van der Waals surface area contributed by atoms with Gasteiger partial charge in [0, 0.05) is 44.6 Å². The summed E-state index contributed by atoms with van der Waals surface area (Å²) in [5.74, 6) is -2.03. The van der Waals surface area contributed by atoms with E-state index in [-0.39, 0.29) is 12.0 Å². The molecule has 0 unspecified atom stereocenters. The van der Waals surface area contributed by atoms with Crippen molar-refractivity contribution in [2.75, 3.05) is 7.11 Å². The number of para-hydroxylation sites is 1. The molecule has 7 nitrogen and oxygen atoms in total. The van der Waals surface area contributed by atoms with Gasteiger partial charge in [-0.15, -0.1) is 0 Å². The first-order valence-corrected chi connectivity index (χ1v) is 13.0. The third-order valence-corrected chi connectivity index (χ3v) is 7.81. The van der Waals surface area contributed by atoms with Gasteiger partial charge in [-0.3, -0.25) is 9.59 Å². The van der Waals surface area contributed by atoms with E-state index in [0.717, 1.165) is 43.3 Å². The summed E-state index contributed by atoms with van der Waals surface area (Å²) in [6, 6.07) is 19.5. The van der Waals surface area contributed by atoms with Crippen LogP contribution in [-0.2, 0) is 20.7 Å². The maximum atomic E-state index is 14.2. The minimum atomic E-state index is -0.980. The summed E-state index contributed by atoms with van der Waals surface area (Å²) in [5.41, 5.74) is 5.47. The number of aromatic nitrogens is 2. The van der Waals surface area contributed by atoms with E-state index in [0.29, 0.717) is 5.39 Å². The van der Waals surface area contributed by atoms with Gasteiger partial charge in [-0.25, -0.2) is 4.79 Å². The van der Waals surface area contributed by atoms with E-state index < -0.39 is 29.7 Å². The van der Waals surface area contributed by atoms with Gasteiger partial charge in [-0.05, 0) is 42.3 Å². The first-order chi connectivity index (χ1) is 18.4. The number of nitrogens with one attached hydrogen (secondary N) is 2. The molecule has 1 aliphatic heterocycles. The molecule has 2 N–H and O–H groups in total. The van der Waals surface area contributed by atoms with Crippen LogP contribution >= 0.6 is 15.9 Å². The van der Waals surface area contributed by atoms with E-state index in [1.807, 2.05) is 67.6 Å². The number of halogens is 1. The number of aryl methyl sites for hydroxylation is 1. The lowest BCUT2D eigenvalue weighted by atomic mass is 9.87. The number of ether oxygens (including phenoxy) is 1. The number of nitrogens with zero attached hydrogens (tertiary/aromatic N) is 1. The fourth-order valence-electron chi connectivity index (χ4n) is 5.47. The summed E-state index contributed by atoms with van der Waals surface area (Å²) in [6.45, 7) is 1.98. The standard InChI is InChI=1S/C30H24BrN3O4/c1-16-7-9-17(10-8-16)27-26-21(19-5-3-4-6-24(19)33-26)14-25(30(37)38-2)34(27)29(36)28(35)22-15-32-23-12-11-18(31)13-20(22)23/h3-13,15,25,27,32-33H,14H2,1-2H3/t25-,27+/m0/s1. The second kappa shape index (κ2) is 9.29. The van der Waals surface area contributed by atoms with Gasteiger partial charge in [-0.1, -0.05) is 64.0 Å². The van der Waals surface area contributed by atoms with Crippen molar-refractivity contribution in [3.63, 3.8) is 0 Å². The van der Waals surface area contributed by atoms with Crippen LogP contribution in [0, 0.1) is 6.92 Å². The molecule has 2 aromatic heterocycles. The summed E-state index contributed by atoms with van der Waals surface area (Å²) in [7, 11) is 1.30. The Balaban J connectivity index is 1.55. The Labute approximate surface area is 226 Å². The molecule has 1 amide bonds. The molecule has 0 spiro atoms. The highest BCUT2D eigenvalue weighted by Gasteiger charge is 2.46. The Morgan fingerprint density at radius 2 is 1.74 bits per heavy atom. The van der Waals surface area contributed by atoms with Crippen molar-refractivity contribution in [3.05, 3.63) is 105 Å². The molecule has 1 aliphatic rings. The number of H-pyrrole nitrogens is 2. The second-order valence-corrected chi connectivity index (χ2v) is 10.5. The highest BCUT2D eigenvalue weighted by atomic mass is 79.9. The first kappa shape index (κ1) is 24.2. The Hall–Kier alpha value is -4.17. The van der Waals surface area contributed by atoms with E-state index in [1.54, 1.807) is 12.3 Å². The second-order valence-electron chi connectivity index (χ2n) is 9.55. The molecular formula is C30H24BrN3O4. The van der Waals surface area contributed by atoms with Gasteiger partial charge >= 0.3 is 5.97 Å². The lowest BCUT2D eigenvalue weighted by Crippen LogP contribution is -2.53. The van der Waals surface area contributed by atoms with Crippen molar-refractivity contribution in [2.45, 2.75) is 25.4 Å². The van der Waals surface area contributed by atoms with Gasteiger partial charge in [0.25, 0.3) is 11.7 Å². The minimum absolute atomic E-state index is 0.229. The van der Waals surface area contributed by atoms with Crippen molar-refractivity contribution >= 4 is 55.4 Å². The third-order valence-electron chi connectivity index (χ3n) is 7.32. The van der Waals surface area contributed by atoms with Gasteiger partial charge in [0.15, 0.2) is 0 Å². The van der Waals surface area contributed by atoms with Gasteiger partial charge in [-0.2, -0.15) is 0 Å². The lowest BCUT2D eigenvalue weighted by molar-refractivity contribution is -0.153. The molecule has 38 heavy (non-hydrogen) atoms. The van der Waals surface area contributed by atoms with Crippen molar-refractivity contribution in [3.8, 4) is 0 Å². The Morgan fingerprint density at radius 3 is 2.50 bits per heavy atom. The molecule has 3 heterocycles. The molecule has 8 heteroatoms. The number of amides is 1. The summed E-state index contributed by atoms with van der Waals surface area (Å²) < 4.78 is 5.96. The van der Waals surface area contributed by atoms with Crippen molar-refractivity contribution in [1.82, 2.24) is 14.9 Å². The number of rotatable bonds is 4. The monoisotopic (exact) mass is 569 g/mol. The Morgan fingerprint density at radius 1 is 0.974 bits per heavy atom. The Bertz CT molecular complexity index is 1730. The summed E-state index contributed by atoms with van der Waals surface area (Å²) in [5, 5.41) is 1.61. The summed E-state index contributed by atoms with van der Waals surface area (Å²) in [4.78, 5) is 49.1. The zero-order chi connectivity index (χ0) is 26.6. The molecular weight excluding hydrogens is 546 g/mol. The van der Waals surface area contributed by atoms with Crippen molar-refractivity contribution in [2.24, 2.45) is 0 Å². The van der Waals surface area contributed by atoms with Crippen LogP contribution in [0.3, 0.4) is 0 Å². The minimum Gasteiger partial charge on any atom is -0.467 e. The summed E-state index contributed by atoms with van der Waals surface area (Å²) in [6.07, 6.45) is 1.77. The van der Waals surface area contributed by atoms with Crippen LogP contribution in [0.25, 0.3) is 21.8 Å². The van der Waals surface area contributed by atoms with Crippen LogP contribution in [0.2, 0.25) is 0 Å². The first-order valence-electron chi connectivity index (χ1n) is 12.2. The normalized spacial score (nSPS) is 17.0. The van der Waals surface area contributed by atoms with Crippen LogP contribution < -0.4 is 0 Å². The van der Waals surface area contributed by atoms with Crippen LogP contribution in [0.15, 0.2) is 77.4 Å². The molecule has 0 saturated heterocycles. The number of hydrogen-bond acceptors (Lipinski definition) is 4. The topological polar surface area (TPSA) is 95.3 Å². The fourth-order valence-corrected chi connectivity index (χ4v) is 5.83. The molecule has 6 rings (SSSR count). The number of aromatic amines is 2. The van der Waals surface area contributed by atoms with Crippen LogP contribution in [0.1, 0.15) is 38.8 Å². The highest BCUT2D eigenvalue weighted by molar-refractivity contribution is 9.10. The number of methoxy groups -OCH3 is 1. The van der Waals surface area contributed by atoms with Crippen LogP contribution in [0.5, 0.6) is 0 Å². The van der Waals surface area contributed by atoms with E-state index in [1.165, 1.54) is 12.0 Å². The maximum absolute atomic E-state index is 14.2. The van der Waals surface area contributed by atoms with E-state index in [4.69, 9.17) is 4.74 Å². The van der Waals surface area contributed by atoms with Crippen molar-refractivity contribution < 1.29 is 19.1 Å². The average molecular weight is 570 g/mol. The van der Waals surface area contributed by atoms with Gasteiger partial charge < -0.3 is 19.6 Å². The average Bonchev–Trinajstić information content (AvgIpc) is 3.52. The van der Waals surface area contributed by atoms with Crippen LogP contribution in [0.4, 0.5) is 0 Å². The number of carbonyl (C=O) groups is 3. The van der Waals surface area contributed by atoms with E-state index in [2.05, 4.69) is 25.9 Å². The Kier molecular flexibility index (Phi) is 5.91. The number of hydrogen-bond donors (Lipinski definition) is 2. The molecule has 2 atom stereocenters. The molecule has 190 valence electrons.